The summed E-state index contributed by atoms with van der Waals surface area (Å²) in [5, 5.41) is 0.525. The third-order valence-electron chi connectivity index (χ3n) is 1.15. The van der Waals surface area contributed by atoms with Gasteiger partial charge in [0, 0.05) is 0 Å². The van der Waals surface area contributed by atoms with Crippen LogP contribution < -0.4 is 0 Å². The van der Waals surface area contributed by atoms with E-state index in [4.69, 9.17) is 0 Å². The van der Waals surface area contributed by atoms with Gasteiger partial charge in [-0.25, -0.2) is 4.98 Å². The first kappa shape index (κ1) is 9.85. The summed E-state index contributed by atoms with van der Waals surface area (Å²) in [6.45, 7) is 1.57. The summed E-state index contributed by atoms with van der Waals surface area (Å²) in [5.74, 6) is 0. The maximum atomic E-state index is 12.2. The summed E-state index contributed by atoms with van der Waals surface area (Å²) in [7, 11) is 0. The largest absolute Gasteiger partial charge is 0.428 e. The van der Waals surface area contributed by atoms with Crippen LogP contribution in [-0.4, -0.2) is 11.2 Å². The summed E-state index contributed by atoms with van der Waals surface area (Å²) >= 11 is 1.71. The van der Waals surface area contributed by atoms with E-state index in [9.17, 15) is 13.2 Å². The van der Waals surface area contributed by atoms with Crippen LogP contribution in [-0.2, 0) is 6.18 Å². The first-order chi connectivity index (χ1) is 5.45. The number of thiazole rings is 1. The van der Waals surface area contributed by atoms with Crippen molar-refractivity contribution in [1.29, 1.82) is 0 Å². The molecule has 1 rings (SSSR count). The Hall–Kier alpha value is -0.230. The van der Waals surface area contributed by atoms with E-state index < -0.39 is 11.1 Å². The smallest absolute Gasteiger partial charge is 0.235 e. The van der Waals surface area contributed by atoms with Crippen LogP contribution >= 0.6 is 23.1 Å². The highest BCUT2D eigenvalue weighted by Gasteiger charge is 2.36. The Morgan fingerprint density at radius 2 is 2.00 bits per heavy atom. The summed E-state index contributed by atoms with van der Waals surface area (Å²) in [6, 6.07) is 0. The van der Waals surface area contributed by atoms with Crippen molar-refractivity contribution < 1.29 is 13.2 Å². The Balaban J connectivity index is 3.13. The molecule has 1 aromatic rings. The number of aromatic nitrogens is 1. The molecular weight excluding hydrogens is 207 g/mol. The van der Waals surface area contributed by atoms with Gasteiger partial charge in [-0.2, -0.15) is 13.2 Å². The number of nitrogens with zero attached hydrogens (tertiary/aromatic N) is 1. The molecule has 0 aliphatic rings. The van der Waals surface area contributed by atoms with Crippen LogP contribution in [0.15, 0.2) is 5.03 Å². The van der Waals surface area contributed by atoms with Gasteiger partial charge in [-0.15, -0.1) is 23.1 Å². The number of halogens is 3. The van der Waals surface area contributed by atoms with Crippen molar-refractivity contribution in [2.45, 2.75) is 18.1 Å². The van der Waals surface area contributed by atoms with Crippen molar-refractivity contribution in [3.8, 4) is 0 Å². The number of aryl methyl sites for hydroxylation is 1. The molecule has 0 spiro atoms. The molecule has 68 valence electrons. The van der Waals surface area contributed by atoms with Crippen LogP contribution in [0.2, 0.25) is 0 Å². The van der Waals surface area contributed by atoms with Crippen molar-refractivity contribution in [2.24, 2.45) is 0 Å². The Morgan fingerprint density at radius 3 is 2.33 bits per heavy atom. The summed E-state index contributed by atoms with van der Waals surface area (Å²) < 4.78 is 36.6. The zero-order valence-electron chi connectivity index (χ0n) is 6.40. The molecule has 0 fully saturated rings. The quantitative estimate of drug-likeness (QED) is 0.664. The van der Waals surface area contributed by atoms with Crippen LogP contribution in [0, 0.1) is 6.92 Å². The van der Waals surface area contributed by atoms with Gasteiger partial charge in [0.05, 0.1) is 5.01 Å². The average Bonchev–Trinajstić information content (AvgIpc) is 2.29. The molecule has 0 aliphatic heterocycles. The average molecular weight is 213 g/mol. The lowest BCUT2D eigenvalue weighted by atomic mass is 10.5. The van der Waals surface area contributed by atoms with E-state index in [1.807, 2.05) is 0 Å². The lowest BCUT2D eigenvalue weighted by molar-refractivity contribution is -0.136. The molecule has 6 heteroatoms. The summed E-state index contributed by atoms with van der Waals surface area (Å²) in [5.41, 5.74) is 0. The summed E-state index contributed by atoms with van der Waals surface area (Å²) in [4.78, 5) is 3.17. The van der Waals surface area contributed by atoms with Gasteiger partial charge < -0.3 is 0 Å². The lowest BCUT2D eigenvalue weighted by Crippen LogP contribution is -2.03. The molecule has 0 aliphatic carbocycles. The van der Waals surface area contributed by atoms with Gasteiger partial charge in [0.1, 0.15) is 9.90 Å². The minimum atomic E-state index is -4.26. The fourth-order valence-electron chi connectivity index (χ4n) is 0.725. The molecule has 0 amide bonds. The summed E-state index contributed by atoms with van der Waals surface area (Å²) in [6.07, 6.45) is -2.67. The molecule has 0 aromatic carbocycles. The normalized spacial score (nSPS) is 12.1. The zero-order chi connectivity index (χ0) is 9.35. The zero-order valence-corrected chi connectivity index (χ0v) is 8.03. The number of alkyl halides is 3. The highest BCUT2D eigenvalue weighted by atomic mass is 32.2. The van der Waals surface area contributed by atoms with Crippen LogP contribution in [0.5, 0.6) is 0 Å². The minimum absolute atomic E-state index is 0.0741. The molecule has 0 saturated heterocycles. The Morgan fingerprint density at radius 1 is 1.42 bits per heavy atom. The number of hydrogen-bond acceptors (Lipinski definition) is 3. The Bertz CT molecular complexity index is 279. The highest BCUT2D eigenvalue weighted by molar-refractivity contribution is 7.98. The maximum Gasteiger partial charge on any atom is 0.428 e. The standard InChI is InChI=1S/C6H6F3NS2/c1-3-10-5(11-2)4(12-3)6(7,8)9/h1-2H3. The van der Waals surface area contributed by atoms with Gasteiger partial charge >= 0.3 is 6.18 Å². The second-order valence-electron chi connectivity index (χ2n) is 2.07. The molecule has 1 nitrogen and oxygen atoms in total. The van der Waals surface area contributed by atoms with E-state index in [0.29, 0.717) is 16.3 Å². The molecule has 0 atom stereocenters. The van der Waals surface area contributed by atoms with E-state index in [0.717, 1.165) is 11.8 Å². The van der Waals surface area contributed by atoms with Gasteiger partial charge in [0.15, 0.2) is 0 Å². The Labute approximate surface area is 76.0 Å². The monoisotopic (exact) mass is 213 g/mol. The first-order valence-corrected chi connectivity index (χ1v) is 5.08. The molecule has 0 saturated carbocycles. The van der Waals surface area contributed by atoms with E-state index in [2.05, 4.69) is 4.98 Å². The van der Waals surface area contributed by atoms with Crippen molar-refractivity contribution >= 4 is 23.1 Å². The fourth-order valence-corrected chi connectivity index (χ4v) is 2.37. The third kappa shape index (κ3) is 1.92. The van der Waals surface area contributed by atoms with Gasteiger partial charge in [-0.1, -0.05) is 0 Å². The van der Waals surface area contributed by atoms with E-state index in [1.54, 1.807) is 13.2 Å². The van der Waals surface area contributed by atoms with E-state index >= 15 is 0 Å². The van der Waals surface area contributed by atoms with E-state index in [1.165, 1.54) is 0 Å². The number of thioether (sulfide) groups is 1. The fraction of sp³-hybridized carbons (Fsp3) is 0.500. The van der Waals surface area contributed by atoms with Gasteiger partial charge in [-0.3, -0.25) is 0 Å². The second-order valence-corrected chi connectivity index (χ2v) is 4.07. The molecule has 0 radical (unpaired) electrons. The van der Waals surface area contributed by atoms with E-state index in [-0.39, 0.29) is 5.03 Å². The van der Waals surface area contributed by atoms with Crippen molar-refractivity contribution in [3.63, 3.8) is 0 Å². The predicted octanol–water partition coefficient (Wildman–Crippen LogP) is 3.19. The molecule has 0 N–H and O–H groups in total. The van der Waals surface area contributed by atoms with Gasteiger partial charge in [0.2, 0.25) is 0 Å². The van der Waals surface area contributed by atoms with Crippen LogP contribution in [0.25, 0.3) is 0 Å². The second kappa shape index (κ2) is 3.26. The van der Waals surface area contributed by atoms with Gasteiger partial charge in [-0.05, 0) is 13.2 Å². The van der Waals surface area contributed by atoms with Crippen LogP contribution in [0.4, 0.5) is 13.2 Å². The number of hydrogen-bond donors (Lipinski definition) is 0. The Kier molecular flexibility index (Phi) is 2.67. The predicted molar refractivity (Wildman–Crippen MR) is 43.6 cm³/mol. The number of rotatable bonds is 1. The van der Waals surface area contributed by atoms with Gasteiger partial charge in [0.25, 0.3) is 0 Å². The lowest BCUT2D eigenvalue weighted by Gasteiger charge is -2.02. The van der Waals surface area contributed by atoms with Crippen molar-refractivity contribution in [2.75, 3.05) is 6.26 Å². The molecule has 0 unspecified atom stereocenters. The minimum Gasteiger partial charge on any atom is -0.235 e. The maximum absolute atomic E-state index is 12.2. The third-order valence-corrected chi connectivity index (χ3v) is 2.98. The molecule has 12 heavy (non-hydrogen) atoms. The molecule has 1 heterocycles. The first-order valence-electron chi connectivity index (χ1n) is 3.03. The molecular formula is C6H6F3NS2. The molecule has 1 aromatic heterocycles. The topological polar surface area (TPSA) is 12.9 Å². The van der Waals surface area contributed by atoms with Crippen LogP contribution in [0.3, 0.4) is 0 Å². The highest BCUT2D eigenvalue weighted by Crippen LogP contribution is 2.39. The SMILES string of the molecule is CSc1nc(C)sc1C(F)(F)F. The van der Waals surface area contributed by atoms with Crippen molar-refractivity contribution in [3.05, 3.63) is 9.88 Å². The molecule has 0 bridgehead atoms. The van der Waals surface area contributed by atoms with Crippen molar-refractivity contribution in [1.82, 2.24) is 4.98 Å². The van der Waals surface area contributed by atoms with Crippen LogP contribution in [0.1, 0.15) is 9.88 Å².